The molecule has 0 radical (unpaired) electrons. The van der Waals surface area contributed by atoms with Crippen LogP contribution in [0.3, 0.4) is 0 Å². The van der Waals surface area contributed by atoms with E-state index in [4.69, 9.17) is 21.4 Å². The zero-order valence-electron chi connectivity index (χ0n) is 22.1. The van der Waals surface area contributed by atoms with E-state index in [9.17, 15) is 18.7 Å². The van der Waals surface area contributed by atoms with E-state index in [1.807, 2.05) is 12.1 Å². The number of carbonyl (C=O) groups excluding carboxylic acids is 1. The van der Waals surface area contributed by atoms with Crippen molar-refractivity contribution in [2.24, 2.45) is 0 Å². The summed E-state index contributed by atoms with van der Waals surface area (Å²) in [6.07, 6.45) is 4.80. The van der Waals surface area contributed by atoms with E-state index >= 15 is 0 Å². The number of imidazole rings is 1. The number of aliphatic hydroxyl groups excluding tert-OH is 1. The highest BCUT2D eigenvalue weighted by Gasteiger charge is 2.29. The van der Waals surface area contributed by atoms with Crippen molar-refractivity contribution in [2.45, 2.75) is 32.3 Å². The summed E-state index contributed by atoms with van der Waals surface area (Å²) in [5.41, 5.74) is 1.53. The van der Waals surface area contributed by atoms with Gasteiger partial charge in [-0.15, -0.1) is 0 Å². The summed E-state index contributed by atoms with van der Waals surface area (Å²) in [5, 5.41) is 19.4. The Morgan fingerprint density at radius 3 is 2.65 bits per heavy atom. The van der Waals surface area contributed by atoms with Gasteiger partial charge in [0.25, 0.3) is 0 Å². The Kier molecular flexibility index (Phi) is 8.68. The lowest BCUT2D eigenvalue weighted by Crippen LogP contribution is -2.23. The molecule has 0 spiro atoms. The van der Waals surface area contributed by atoms with Crippen molar-refractivity contribution < 1.29 is 28.5 Å². The molecule has 2 heterocycles. The van der Waals surface area contributed by atoms with Crippen molar-refractivity contribution in [3.63, 3.8) is 0 Å². The molecule has 4 N–H and O–H groups in total. The minimum Gasteiger partial charge on any atom is -0.454 e. The Morgan fingerprint density at radius 2 is 1.90 bits per heavy atom. The number of nitrogens with one attached hydrogen (secondary N) is 2. The number of halogens is 3. The van der Waals surface area contributed by atoms with Gasteiger partial charge in [-0.2, -0.15) is 0 Å². The SMILES string of the molecule is CO.Cc1c(Oc2ccc(F)c(-c3ncc(C(C)(O)c4cccc(CCC=O)c4)[nH]3)c2)c(F)cc2[nH]cc(Cl)c12. The fourth-order valence-corrected chi connectivity index (χ4v) is 4.80. The number of ether oxygens (including phenoxy) is 1. The second-order valence-electron chi connectivity index (χ2n) is 9.24. The average molecular weight is 568 g/mol. The predicted molar refractivity (Wildman–Crippen MR) is 150 cm³/mol. The minimum absolute atomic E-state index is 0.0194. The second kappa shape index (κ2) is 12.0. The predicted octanol–water partition coefficient (Wildman–Crippen LogP) is 6.59. The van der Waals surface area contributed by atoms with Crippen LogP contribution in [0.25, 0.3) is 22.3 Å². The fraction of sp³-hybridized carbons (Fsp3) is 0.200. The first kappa shape index (κ1) is 28.9. The van der Waals surface area contributed by atoms with Crippen LogP contribution in [0.1, 0.15) is 35.7 Å². The molecule has 0 aliphatic carbocycles. The van der Waals surface area contributed by atoms with Crippen LogP contribution >= 0.6 is 11.6 Å². The maximum atomic E-state index is 14.9. The maximum absolute atomic E-state index is 14.9. The Labute approximate surface area is 234 Å². The van der Waals surface area contributed by atoms with Gasteiger partial charge in [-0.05, 0) is 49.6 Å². The number of nitrogens with zero attached hydrogens (tertiary/aromatic N) is 1. The highest BCUT2D eigenvalue weighted by Crippen LogP contribution is 2.38. The van der Waals surface area contributed by atoms with Crippen molar-refractivity contribution in [2.75, 3.05) is 7.11 Å². The van der Waals surface area contributed by atoms with E-state index in [1.165, 1.54) is 30.5 Å². The number of aliphatic hydroxyl groups is 2. The molecule has 0 fully saturated rings. The maximum Gasteiger partial charge on any atom is 0.168 e. The highest BCUT2D eigenvalue weighted by molar-refractivity contribution is 6.35. The van der Waals surface area contributed by atoms with E-state index in [0.29, 0.717) is 45.6 Å². The summed E-state index contributed by atoms with van der Waals surface area (Å²) in [6, 6.07) is 12.6. The number of hydrogen-bond donors (Lipinski definition) is 4. The molecule has 40 heavy (non-hydrogen) atoms. The average Bonchev–Trinajstić information content (AvgIpc) is 3.60. The Bertz CT molecular complexity index is 1660. The van der Waals surface area contributed by atoms with Crippen LogP contribution in [-0.4, -0.2) is 38.6 Å². The molecular weight excluding hydrogens is 540 g/mol. The third kappa shape index (κ3) is 5.62. The van der Waals surface area contributed by atoms with E-state index in [0.717, 1.165) is 19.0 Å². The topological polar surface area (TPSA) is 111 Å². The van der Waals surface area contributed by atoms with Gasteiger partial charge in [0.15, 0.2) is 11.6 Å². The minimum atomic E-state index is -1.46. The molecule has 7 nitrogen and oxygen atoms in total. The van der Waals surface area contributed by atoms with Gasteiger partial charge in [-0.1, -0.05) is 35.9 Å². The zero-order chi connectivity index (χ0) is 29.0. The molecule has 0 amide bonds. The Balaban J connectivity index is 0.00000181. The monoisotopic (exact) mass is 567 g/mol. The molecular formula is C30H28ClF2N3O4. The Morgan fingerprint density at radius 1 is 1.12 bits per heavy atom. The smallest absolute Gasteiger partial charge is 0.168 e. The van der Waals surface area contributed by atoms with Crippen LogP contribution in [0.4, 0.5) is 8.78 Å². The van der Waals surface area contributed by atoms with Gasteiger partial charge >= 0.3 is 0 Å². The van der Waals surface area contributed by atoms with Crippen LogP contribution in [0.5, 0.6) is 11.5 Å². The van der Waals surface area contributed by atoms with Crippen molar-refractivity contribution >= 4 is 28.8 Å². The largest absolute Gasteiger partial charge is 0.454 e. The van der Waals surface area contributed by atoms with Gasteiger partial charge < -0.3 is 29.7 Å². The van der Waals surface area contributed by atoms with Crippen molar-refractivity contribution in [1.82, 2.24) is 15.0 Å². The molecule has 1 unspecified atom stereocenters. The van der Waals surface area contributed by atoms with Gasteiger partial charge in [-0.3, -0.25) is 0 Å². The quantitative estimate of drug-likeness (QED) is 0.158. The van der Waals surface area contributed by atoms with Gasteiger partial charge in [0, 0.05) is 36.7 Å². The molecule has 0 aliphatic rings. The highest BCUT2D eigenvalue weighted by atomic mass is 35.5. The second-order valence-corrected chi connectivity index (χ2v) is 9.65. The number of hydrogen-bond acceptors (Lipinski definition) is 5. The summed E-state index contributed by atoms with van der Waals surface area (Å²) in [5.74, 6) is -0.820. The molecule has 3 aromatic carbocycles. The van der Waals surface area contributed by atoms with Crippen LogP contribution in [-0.2, 0) is 16.8 Å². The number of aromatic amines is 2. The van der Waals surface area contributed by atoms with Gasteiger partial charge in [0.2, 0.25) is 0 Å². The third-order valence-corrected chi connectivity index (χ3v) is 6.92. The molecule has 2 aromatic heterocycles. The lowest BCUT2D eigenvalue weighted by atomic mass is 9.91. The number of aldehydes is 1. The number of rotatable bonds is 8. The van der Waals surface area contributed by atoms with E-state index in [2.05, 4.69) is 15.0 Å². The molecule has 10 heteroatoms. The lowest BCUT2D eigenvalue weighted by molar-refractivity contribution is -0.107. The lowest BCUT2D eigenvalue weighted by Gasteiger charge is -2.23. The number of aromatic nitrogens is 3. The number of benzene rings is 3. The van der Waals surface area contributed by atoms with Gasteiger partial charge in [0.05, 0.1) is 28.0 Å². The standard InChI is InChI=1S/C29H24ClF2N3O3.CH4O/c1-16-26-21(30)14-33-24(26)13-23(32)27(16)38-19-8-9-22(31)20(12-19)28-34-15-25(35-28)29(2,37)18-7-3-5-17(11-18)6-4-10-36;1-2/h3,5,7-15,33,37H,4,6H2,1-2H3,(H,34,35);2H,1H3. The molecule has 208 valence electrons. The first-order chi connectivity index (χ1) is 19.2. The van der Waals surface area contributed by atoms with Gasteiger partial charge in [-0.25, -0.2) is 13.8 Å². The number of carbonyl (C=O) groups is 1. The molecule has 0 saturated heterocycles. The molecule has 1 atom stereocenters. The van der Waals surface area contributed by atoms with Gasteiger partial charge in [0.1, 0.15) is 29.3 Å². The van der Waals surface area contributed by atoms with Crippen molar-refractivity contribution in [3.05, 3.63) is 100.0 Å². The summed E-state index contributed by atoms with van der Waals surface area (Å²) in [7, 11) is 1.00. The van der Waals surface area contributed by atoms with E-state index < -0.39 is 17.2 Å². The number of H-pyrrole nitrogens is 2. The van der Waals surface area contributed by atoms with Crippen LogP contribution < -0.4 is 4.74 Å². The molecule has 0 saturated carbocycles. The van der Waals surface area contributed by atoms with E-state index in [1.54, 1.807) is 32.2 Å². The Hall–Kier alpha value is -4.05. The summed E-state index contributed by atoms with van der Waals surface area (Å²) < 4.78 is 35.6. The zero-order valence-corrected chi connectivity index (χ0v) is 22.8. The third-order valence-electron chi connectivity index (χ3n) is 6.62. The fourth-order valence-electron chi connectivity index (χ4n) is 4.50. The normalized spacial score (nSPS) is 12.5. The summed E-state index contributed by atoms with van der Waals surface area (Å²) in [4.78, 5) is 20.9. The summed E-state index contributed by atoms with van der Waals surface area (Å²) >= 11 is 6.24. The first-order valence-corrected chi connectivity index (χ1v) is 12.8. The molecule has 5 rings (SSSR count). The first-order valence-electron chi connectivity index (χ1n) is 12.4. The number of fused-ring (bicyclic) bond motifs is 1. The van der Waals surface area contributed by atoms with Crippen LogP contribution in [0.2, 0.25) is 5.02 Å². The van der Waals surface area contributed by atoms with Crippen LogP contribution in [0, 0.1) is 18.6 Å². The number of aryl methyl sites for hydroxylation is 2. The van der Waals surface area contributed by atoms with Crippen LogP contribution in [0.15, 0.2) is 60.9 Å². The molecule has 0 bridgehead atoms. The summed E-state index contributed by atoms with van der Waals surface area (Å²) in [6.45, 7) is 3.30. The van der Waals surface area contributed by atoms with Crippen molar-refractivity contribution in [1.29, 1.82) is 0 Å². The molecule has 5 aromatic rings. The van der Waals surface area contributed by atoms with E-state index in [-0.39, 0.29) is 22.9 Å². The van der Waals surface area contributed by atoms with Crippen molar-refractivity contribution in [3.8, 4) is 22.9 Å². The molecule has 0 aliphatic heterocycles.